The summed E-state index contributed by atoms with van der Waals surface area (Å²) >= 11 is 0. The summed E-state index contributed by atoms with van der Waals surface area (Å²) in [6.07, 6.45) is -2.13. The maximum Gasteiger partial charge on any atom is 0.283 e. The maximum absolute atomic E-state index is 14.7. The van der Waals surface area contributed by atoms with Crippen molar-refractivity contribution in [1.29, 1.82) is 0 Å². The van der Waals surface area contributed by atoms with Crippen molar-refractivity contribution in [3.05, 3.63) is 71.2 Å². The number of hydrogen-bond acceptors (Lipinski definition) is 9. The van der Waals surface area contributed by atoms with Gasteiger partial charge in [-0.25, -0.2) is 40.3 Å². The van der Waals surface area contributed by atoms with Gasteiger partial charge in [0, 0.05) is 29.6 Å². The second-order valence-corrected chi connectivity index (χ2v) is 11.6. The molecule has 0 saturated carbocycles. The molecule has 1 atom stereocenters. The van der Waals surface area contributed by atoms with Crippen LogP contribution in [0.15, 0.2) is 47.5 Å². The Labute approximate surface area is 240 Å². The Hall–Kier alpha value is -4.60. The van der Waals surface area contributed by atoms with Gasteiger partial charge in [-0.1, -0.05) is 0 Å². The Morgan fingerprint density at radius 2 is 1.88 bits per heavy atom. The van der Waals surface area contributed by atoms with E-state index in [2.05, 4.69) is 20.3 Å². The summed E-state index contributed by atoms with van der Waals surface area (Å²) in [6, 6.07) is 7.35. The van der Waals surface area contributed by atoms with Crippen molar-refractivity contribution >= 4 is 38.3 Å². The number of amides is 1. The minimum absolute atomic E-state index is 0.0104. The molecule has 3 aromatic heterocycles. The van der Waals surface area contributed by atoms with E-state index in [1.54, 1.807) is 18.2 Å². The summed E-state index contributed by atoms with van der Waals surface area (Å²) in [7, 11) is -4.57. The number of halogens is 5. The zero-order chi connectivity index (χ0) is 30.5. The van der Waals surface area contributed by atoms with Crippen molar-refractivity contribution < 1.29 is 44.6 Å². The van der Waals surface area contributed by atoms with Gasteiger partial charge in [0.25, 0.3) is 12.3 Å². The molecule has 224 valence electrons. The average Bonchev–Trinajstić information content (AvgIpc) is 3.09. The van der Waals surface area contributed by atoms with Crippen LogP contribution in [0.1, 0.15) is 34.6 Å². The van der Waals surface area contributed by atoms with Crippen LogP contribution >= 0.6 is 0 Å². The first-order chi connectivity index (χ1) is 20.5. The first kappa shape index (κ1) is 28.5. The largest absolute Gasteiger partial charge is 0.489 e. The quantitative estimate of drug-likeness (QED) is 0.320. The number of sulfone groups is 1. The van der Waals surface area contributed by atoms with E-state index in [4.69, 9.17) is 9.47 Å². The lowest BCUT2D eigenvalue weighted by atomic mass is 10.2. The van der Waals surface area contributed by atoms with Crippen molar-refractivity contribution in [2.75, 3.05) is 24.7 Å². The molecular weight excluding hydrogens is 601 g/mol. The van der Waals surface area contributed by atoms with E-state index in [1.165, 1.54) is 11.1 Å². The number of anilines is 2. The van der Waals surface area contributed by atoms with E-state index in [1.807, 2.05) is 0 Å². The standard InChI is InChI=1S/C27H20F5N5O5S/c28-16-10-19-26(36-23(16)25(31)32)37(4-6-41-19)22-2-1-13-11-33-15(9-18(13)35-22)12-34-27(38)14-7-17(29)24-20(8-14)43(39,40)21(30)3-5-42-24/h1-2,7-11,21,25H,3-6,12H2,(H,34,38)/t21-/m1/s1. The lowest BCUT2D eigenvalue weighted by molar-refractivity contribution is 0.0949. The van der Waals surface area contributed by atoms with Crippen LogP contribution in [-0.2, 0) is 16.4 Å². The van der Waals surface area contributed by atoms with Crippen LogP contribution in [0.2, 0.25) is 0 Å². The molecule has 1 N–H and O–H groups in total. The van der Waals surface area contributed by atoms with E-state index in [-0.39, 0.29) is 43.4 Å². The highest BCUT2D eigenvalue weighted by Gasteiger charge is 2.35. The minimum atomic E-state index is -4.57. The van der Waals surface area contributed by atoms with Crippen LogP contribution in [-0.4, -0.2) is 54.5 Å². The smallest absolute Gasteiger partial charge is 0.283 e. The molecule has 2 aliphatic heterocycles. The van der Waals surface area contributed by atoms with Crippen molar-refractivity contribution in [3.8, 4) is 11.5 Å². The molecule has 0 saturated heterocycles. The number of pyridine rings is 3. The van der Waals surface area contributed by atoms with Gasteiger partial charge >= 0.3 is 0 Å². The van der Waals surface area contributed by atoms with Gasteiger partial charge in [-0.15, -0.1) is 0 Å². The van der Waals surface area contributed by atoms with E-state index in [9.17, 15) is 35.2 Å². The molecule has 0 spiro atoms. The maximum atomic E-state index is 14.7. The van der Waals surface area contributed by atoms with Crippen LogP contribution < -0.4 is 19.7 Å². The number of rotatable bonds is 5. The summed E-state index contributed by atoms with van der Waals surface area (Å²) in [5.74, 6) is -3.51. The topological polar surface area (TPSA) is 124 Å². The Morgan fingerprint density at radius 1 is 1.07 bits per heavy atom. The van der Waals surface area contributed by atoms with Gasteiger partial charge in [0.15, 0.2) is 29.0 Å². The number of nitrogens with zero attached hydrogens (tertiary/aromatic N) is 4. The first-order valence-electron chi connectivity index (χ1n) is 12.8. The number of benzene rings is 1. The van der Waals surface area contributed by atoms with E-state index < -0.39 is 62.1 Å². The molecule has 2 aliphatic rings. The summed E-state index contributed by atoms with van der Waals surface area (Å²) in [5.41, 5.74) is -2.95. The predicted molar refractivity (Wildman–Crippen MR) is 141 cm³/mol. The molecule has 0 unspecified atom stereocenters. The molecule has 5 heterocycles. The summed E-state index contributed by atoms with van der Waals surface area (Å²) in [6.45, 7) is -0.198. The van der Waals surface area contributed by atoms with Gasteiger partial charge in [-0.05, 0) is 30.3 Å². The van der Waals surface area contributed by atoms with E-state index in [0.29, 0.717) is 22.4 Å². The minimum Gasteiger partial charge on any atom is -0.489 e. The first-order valence-corrected chi connectivity index (χ1v) is 14.3. The fraction of sp³-hybridized carbons (Fsp3) is 0.259. The average molecular weight is 622 g/mol. The molecule has 0 fully saturated rings. The number of fused-ring (bicyclic) bond motifs is 3. The highest BCUT2D eigenvalue weighted by molar-refractivity contribution is 7.92. The molecule has 0 aliphatic carbocycles. The molecule has 4 aromatic rings. The fourth-order valence-corrected chi connectivity index (χ4v) is 6.06. The van der Waals surface area contributed by atoms with Crippen LogP contribution in [0, 0.1) is 11.6 Å². The zero-order valence-electron chi connectivity index (χ0n) is 21.9. The molecule has 0 bridgehead atoms. The Bertz CT molecular complexity index is 1880. The number of carbonyl (C=O) groups excluding carboxylic acids is 1. The Kier molecular flexibility index (Phi) is 7.23. The zero-order valence-corrected chi connectivity index (χ0v) is 22.7. The molecule has 10 nitrogen and oxygen atoms in total. The SMILES string of the molecule is O=C(NCc1cc2nc(N3CCOc4cc(F)c(C(F)F)nc43)ccc2cn1)c1cc(F)c2c(c1)S(=O)(=O)[C@@H](F)CCO2. The van der Waals surface area contributed by atoms with Crippen molar-refractivity contribution in [2.45, 2.75) is 29.8 Å². The molecule has 6 rings (SSSR count). The third kappa shape index (κ3) is 5.26. The Balaban J connectivity index is 1.25. The lowest BCUT2D eigenvalue weighted by Crippen LogP contribution is -2.30. The predicted octanol–water partition coefficient (Wildman–Crippen LogP) is 4.55. The summed E-state index contributed by atoms with van der Waals surface area (Å²) < 4.78 is 105. The molecular formula is C27H20F5N5O5S. The third-order valence-corrected chi connectivity index (χ3v) is 8.64. The third-order valence-electron chi connectivity index (χ3n) is 6.81. The van der Waals surface area contributed by atoms with Gasteiger partial charge < -0.3 is 19.7 Å². The van der Waals surface area contributed by atoms with Crippen LogP contribution in [0.3, 0.4) is 0 Å². The number of alkyl halides is 3. The van der Waals surface area contributed by atoms with Crippen molar-refractivity contribution in [1.82, 2.24) is 20.3 Å². The number of nitrogens with one attached hydrogen (secondary N) is 1. The number of ether oxygens (including phenoxy) is 2. The van der Waals surface area contributed by atoms with Crippen LogP contribution in [0.25, 0.3) is 10.9 Å². The Morgan fingerprint density at radius 3 is 2.67 bits per heavy atom. The molecule has 0 radical (unpaired) electrons. The van der Waals surface area contributed by atoms with Gasteiger partial charge in [-0.3, -0.25) is 9.78 Å². The fourth-order valence-electron chi connectivity index (χ4n) is 4.67. The summed E-state index contributed by atoms with van der Waals surface area (Å²) in [4.78, 5) is 26.2. The van der Waals surface area contributed by atoms with Gasteiger partial charge in [-0.2, -0.15) is 0 Å². The molecule has 43 heavy (non-hydrogen) atoms. The summed E-state index contributed by atoms with van der Waals surface area (Å²) in [5, 5.41) is 3.12. The van der Waals surface area contributed by atoms with E-state index in [0.717, 1.165) is 18.2 Å². The van der Waals surface area contributed by atoms with Gasteiger partial charge in [0.2, 0.25) is 15.3 Å². The molecule has 1 aromatic carbocycles. The second kappa shape index (κ2) is 10.9. The van der Waals surface area contributed by atoms with E-state index >= 15 is 0 Å². The second-order valence-electron chi connectivity index (χ2n) is 9.58. The van der Waals surface area contributed by atoms with Gasteiger partial charge in [0.05, 0.1) is 30.9 Å². The molecule has 1 amide bonds. The van der Waals surface area contributed by atoms with Crippen LogP contribution in [0.4, 0.5) is 33.6 Å². The highest BCUT2D eigenvalue weighted by atomic mass is 32.2. The number of hydrogen-bond donors (Lipinski definition) is 1. The van der Waals surface area contributed by atoms with Crippen molar-refractivity contribution in [3.63, 3.8) is 0 Å². The monoisotopic (exact) mass is 621 g/mol. The highest BCUT2D eigenvalue weighted by Crippen LogP contribution is 2.38. The van der Waals surface area contributed by atoms with Gasteiger partial charge in [0.1, 0.15) is 23.0 Å². The number of carbonyl (C=O) groups is 1. The number of aromatic nitrogens is 3. The van der Waals surface area contributed by atoms with Crippen molar-refractivity contribution in [2.24, 2.45) is 0 Å². The lowest BCUT2D eigenvalue weighted by Gasteiger charge is -2.29. The normalized spacial score (nSPS) is 17.4. The molecule has 16 heteroatoms. The van der Waals surface area contributed by atoms with Crippen LogP contribution in [0.5, 0.6) is 11.5 Å².